The third-order valence-corrected chi connectivity index (χ3v) is 4.36. The molecule has 0 unspecified atom stereocenters. The molecule has 158 valence electrons. The number of amides is 1. The smallest absolute Gasteiger partial charge is 0.343 e. The van der Waals surface area contributed by atoms with E-state index >= 15 is 0 Å². The Kier molecular flexibility index (Phi) is 7.79. The molecule has 0 spiro atoms. The van der Waals surface area contributed by atoms with Crippen LogP contribution in [0.4, 0.5) is 0 Å². The maximum Gasteiger partial charge on any atom is 0.343 e. The standard InChI is InChI=1S/C24H21ClN2O4/c1-2-14-30-21-12-8-18(9-13-21)24(29)31-22-10-6-17(7-11-22)16-26-27-23(28)19-4-3-5-20(25)15-19/h3-13,15-16H,2,14H2,1H3,(H,27,28). The van der Waals surface area contributed by atoms with Gasteiger partial charge in [-0.25, -0.2) is 10.2 Å². The van der Waals surface area contributed by atoms with E-state index in [1.54, 1.807) is 72.8 Å². The first-order chi connectivity index (χ1) is 15.0. The molecule has 0 aromatic heterocycles. The van der Waals surface area contributed by atoms with Crippen LogP contribution in [-0.4, -0.2) is 24.7 Å². The third kappa shape index (κ3) is 6.69. The molecule has 31 heavy (non-hydrogen) atoms. The van der Waals surface area contributed by atoms with Crippen molar-refractivity contribution in [2.75, 3.05) is 6.61 Å². The summed E-state index contributed by atoms with van der Waals surface area (Å²) in [6, 6.07) is 20.1. The van der Waals surface area contributed by atoms with Crippen molar-refractivity contribution in [3.05, 3.63) is 94.5 Å². The van der Waals surface area contributed by atoms with Crippen LogP contribution in [0.15, 0.2) is 77.9 Å². The number of hydrazone groups is 1. The molecule has 7 heteroatoms. The number of benzene rings is 3. The van der Waals surface area contributed by atoms with Gasteiger partial charge in [0.2, 0.25) is 0 Å². The van der Waals surface area contributed by atoms with Crippen LogP contribution in [0.3, 0.4) is 0 Å². The van der Waals surface area contributed by atoms with Crippen molar-refractivity contribution in [2.45, 2.75) is 13.3 Å². The molecule has 0 radical (unpaired) electrons. The van der Waals surface area contributed by atoms with Crippen molar-refractivity contribution in [1.82, 2.24) is 5.43 Å². The van der Waals surface area contributed by atoms with Gasteiger partial charge in [0, 0.05) is 10.6 Å². The largest absolute Gasteiger partial charge is 0.494 e. The lowest BCUT2D eigenvalue weighted by Crippen LogP contribution is -2.17. The molecule has 3 rings (SSSR count). The predicted molar refractivity (Wildman–Crippen MR) is 120 cm³/mol. The van der Waals surface area contributed by atoms with Crippen LogP contribution in [0.2, 0.25) is 5.02 Å². The van der Waals surface area contributed by atoms with Crippen molar-refractivity contribution < 1.29 is 19.1 Å². The Labute approximate surface area is 185 Å². The van der Waals surface area contributed by atoms with E-state index < -0.39 is 5.97 Å². The second-order valence-corrected chi connectivity index (χ2v) is 6.98. The van der Waals surface area contributed by atoms with Gasteiger partial charge in [-0.15, -0.1) is 0 Å². The van der Waals surface area contributed by atoms with Gasteiger partial charge >= 0.3 is 5.97 Å². The number of nitrogens with zero attached hydrogens (tertiary/aromatic N) is 1. The van der Waals surface area contributed by atoms with E-state index in [0.29, 0.717) is 34.3 Å². The molecule has 0 aliphatic carbocycles. The number of hydrogen-bond donors (Lipinski definition) is 1. The van der Waals surface area contributed by atoms with Crippen LogP contribution < -0.4 is 14.9 Å². The van der Waals surface area contributed by atoms with Gasteiger partial charge in [0.25, 0.3) is 5.91 Å². The number of hydrogen-bond acceptors (Lipinski definition) is 5. The minimum Gasteiger partial charge on any atom is -0.494 e. The number of rotatable bonds is 8. The summed E-state index contributed by atoms with van der Waals surface area (Å²) in [4.78, 5) is 24.3. The van der Waals surface area contributed by atoms with Crippen LogP contribution in [0.5, 0.6) is 11.5 Å². The quantitative estimate of drug-likeness (QED) is 0.230. The fourth-order valence-electron chi connectivity index (χ4n) is 2.55. The number of halogens is 1. The lowest BCUT2D eigenvalue weighted by atomic mass is 10.2. The summed E-state index contributed by atoms with van der Waals surface area (Å²) >= 11 is 5.87. The molecule has 3 aromatic carbocycles. The SMILES string of the molecule is CCCOc1ccc(C(=O)Oc2ccc(C=NNC(=O)c3cccc(Cl)c3)cc2)cc1. The molecule has 6 nitrogen and oxygen atoms in total. The highest BCUT2D eigenvalue weighted by molar-refractivity contribution is 6.30. The number of carbonyl (C=O) groups is 2. The van der Waals surface area contributed by atoms with Crippen LogP contribution in [0, 0.1) is 0 Å². The summed E-state index contributed by atoms with van der Waals surface area (Å²) in [6.45, 7) is 2.66. The minimum absolute atomic E-state index is 0.365. The average Bonchev–Trinajstić information content (AvgIpc) is 2.79. The molecule has 0 fully saturated rings. The Morgan fingerprint density at radius 2 is 1.68 bits per heavy atom. The zero-order chi connectivity index (χ0) is 22.1. The van der Waals surface area contributed by atoms with Crippen LogP contribution >= 0.6 is 11.6 Å². The van der Waals surface area contributed by atoms with E-state index in [2.05, 4.69) is 10.5 Å². The number of ether oxygens (including phenoxy) is 2. The average molecular weight is 437 g/mol. The monoisotopic (exact) mass is 436 g/mol. The second-order valence-electron chi connectivity index (χ2n) is 6.54. The molecule has 1 amide bonds. The summed E-state index contributed by atoms with van der Waals surface area (Å²) in [5.74, 6) is 0.286. The van der Waals surface area contributed by atoms with E-state index in [-0.39, 0.29) is 5.91 Å². The Balaban J connectivity index is 1.53. The lowest BCUT2D eigenvalue weighted by molar-refractivity contribution is 0.0734. The highest BCUT2D eigenvalue weighted by atomic mass is 35.5. The molecule has 0 aliphatic rings. The number of esters is 1. The summed E-state index contributed by atoms with van der Waals surface area (Å²) in [6.07, 6.45) is 2.40. The normalized spacial score (nSPS) is 10.6. The van der Waals surface area contributed by atoms with Gasteiger partial charge in [0.15, 0.2) is 0 Å². The summed E-state index contributed by atoms with van der Waals surface area (Å²) in [5, 5.41) is 4.40. The Morgan fingerprint density at radius 1 is 0.968 bits per heavy atom. The van der Waals surface area contributed by atoms with Crippen molar-refractivity contribution >= 4 is 29.7 Å². The molecule has 0 aliphatic heterocycles. The fourth-order valence-corrected chi connectivity index (χ4v) is 2.75. The van der Waals surface area contributed by atoms with Gasteiger partial charge in [-0.1, -0.05) is 24.6 Å². The second kappa shape index (κ2) is 10.9. The lowest BCUT2D eigenvalue weighted by Gasteiger charge is -2.07. The molecule has 0 atom stereocenters. The Bertz CT molecular complexity index is 1060. The minimum atomic E-state index is -0.461. The van der Waals surface area contributed by atoms with Gasteiger partial charge in [-0.3, -0.25) is 4.79 Å². The number of carbonyl (C=O) groups excluding carboxylic acids is 2. The zero-order valence-corrected chi connectivity index (χ0v) is 17.6. The van der Waals surface area contributed by atoms with Crippen LogP contribution in [-0.2, 0) is 0 Å². The van der Waals surface area contributed by atoms with E-state index in [0.717, 1.165) is 12.0 Å². The molecule has 3 aromatic rings. The maximum atomic E-state index is 12.3. The van der Waals surface area contributed by atoms with E-state index in [1.165, 1.54) is 6.21 Å². The predicted octanol–water partition coefficient (Wildman–Crippen LogP) is 5.11. The van der Waals surface area contributed by atoms with Gasteiger partial charge < -0.3 is 9.47 Å². The van der Waals surface area contributed by atoms with Crippen LogP contribution in [0.1, 0.15) is 39.6 Å². The third-order valence-electron chi connectivity index (χ3n) is 4.12. The van der Waals surface area contributed by atoms with Crippen molar-refractivity contribution in [2.24, 2.45) is 5.10 Å². The first kappa shape index (κ1) is 22.1. The van der Waals surface area contributed by atoms with Gasteiger partial charge in [-0.05, 0) is 78.7 Å². The molecular formula is C24H21ClN2O4. The Morgan fingerprint density at radius 3 is 2.35 bits per heavy atom. The van der Waals surface area contributed by atoms with Gasteiger partial charge in [-0.2, -0.15) is 5.10 Å². The Hall–Kier alpha value is -3.64. The van der Waals surface area contributed by atoms with Gasteiger partial charge in [0.05, 0.1) is 18.4 Å². The maximum absolute atomic E-state index is 12.3. The molecule has 0 saturated heterocycles. The van der Waals surface area contributed by atoms with Crippen molar-refractivity contribution in [1.29, 1.82) is 0 Å². The number of nitrogens with one attached hydrogen (secondary N) is 1. The van der Waals surface area contributed by atoms with Crippen molar-refractivity contribution in [3.8, 4) is 11.5 Å². The van der Waals surface area contributed by atoms with E-state index in [4.69, 9.17) is 21.1 Å². The molecule has 0 bridgehead atoms. The van der Waals surface area contributed by atoms with Crippen LogP contribution in [0.25, 0.3) is 0 Å². The summed E-state index contributed by atoms with van der Waals surface area (Å²) < 4.78 is 10.9. The highest BCUT2D eigenvalue weighted by Crippen LogP contribution is 2.17. The van der Waals surface area contributed by atoms with Crippen molar-refractivity contribution in [3.63, 3.8) is 0 Å². The fraction of sp³-hybridized carbons (Fsp3) is 0.125. The highest BCUT2D eigenvalue weighted by Gasteiger charge is 2.09. The summed E-state index contributed by atoms with van der Waals surface area (Å²) in [5.41, 5.74) is 4.00. The van der Waals surface area contributed by atoms with Gasteiger partial charge in [0.1, 0.15) is 11.5 Å². The topological polar surface area (TPSA) is 77.0 Å². The van der Waals surface area contributed by atoms with E-state index in [9.17, 15) is 9.59 Å². The summed E-state index contributed by atoms with van der Waals surface area (Å²) in [7, 11) is 0. The first-order valence-corrected chi connectivity index (χ1v) is 10.1. The molecule has 0 saturated carbocycles. The molecule has 1 N–H and O–H groups in total. The molecule has 0 heterocycles. The van der Waals surface area contributed by atoms with E-state index in [1.807, 2.05) is 6.92 Å². The molecular weight excluding hydrogens is 416 g/mol. The first-order valence-electron chi connectivity index (χ1n) is 9.69. The zero-order valence-electron chi connectivity index (χ0n) is 16.9.